The second-order valence-corrected chi connectivity index (χ2v) is 6.73. The molecule has 5 nitrogen and oxygen atoms in total. The first-order chi connectivity index (χ1) is 8.52. The SMILES string of the molecule is Cc1ccc(C#N)c(N2CCCS(=O)(=O)CC2)n1. The highest BCUT2D eigenvalue weighted by Gasteiger charge is 2.21. The van der Waals surface area contributed by atoms with E-state index in [1.54, 1.807) is 12.1 Å². The van der Waals surface area contributed by atoms with Gasteiger partial charge in [0.05, 0.1) is 17.1 Å². The van der Waals surface area contributed by atoms with Gasteiger partial charge >= 0.3 is 0 Å². The van der Waals surface area contributed by atoms with Gasteiger partial charge < -0.3 is 4.90 Å². The van der Waals surface area contributed by atoms with E-state index in [4.69, 9.17) is 5.26 Å². The molecule has 0 spiro atoms. The Balaban J connectivity index is 2.32. The van der Waals surface area contributed by atoms with Crippen LogP contribution in [-0.4, -0.2) is 38.0 Å². The molecule has 0 bridgehead atoms. The van der Waals surface area contributed by atoms with Gasteiger partial charge in [-0.1, -0.05) is 0 Å². The Morgan fingerprint density at radius 2 is 2.11 bits per heavy atom. The van der Waals surface area contributed by atoms with E-state index >= 15 is 0 Å². The Kier molecular flexibility index (Phi) is 3.53. The highest BCUT2D eigenvalue weighted by Crippen LogP contribution is 2.20. The van der Waals surface area contributed by atoms with Gasteiger partial charge in [0.1, 0.15) is 11.9 Å². The number of rotatable bonds is 1. The third kappa shape index (κ3) is 2.79. The summed E-state index contributed by atoms with van der Waals surface area (Å²) in [5.74, 6) is 0.958. The van der Waals surface area contributed by atoms with Crippen LogP contribution in [0.5, 0.6) is 0 Å². The molecule has 18 heavy (non-hydrogen) atoms. The molecule has 2 rings (SSSR count). The van der Waals surface area contributed by atoms with Crippen LogP contribution in [-0.2, 0) is 9.84 Å². The van der Waals surface area contributed by atoms with Crippen LogP contribution in [0.15, 0.2) is 12.1 Å². The molecule has 0 N–H and O–H groups in total. The lowest BCUT2D eigenvalue weighted by molar-refractivity contribution is 0.597. The summed E-state index contributed by atoms with van der Waals surface area (Å²) in [6.45, 7) is 2.90. The van der Waals surface area contributed by atoms with Crippen molar-refractivity contribution in [2.75, 3.05) is 29.5 Å². The van der Waals surface area contributed by atoms with Crippen molar-refractivity contribution in [1.29, 1.82) is 5.26 Å². The maximum atomic E-state index is 11.6. The van der Waals surface area contributed by atoms with Crippen LogP contribution in [0.4, 0.5) is 5.82 Å². The van der Waals surface area contributed by atoms with Gasteiger partial charge in [-0.05, 0) is 25.5 Å². The van der Waals surface area contributed by atoms with Crippen molar-refractivity contribution in [3.63, 3.8) is 0 Å². The minimum absolute atomic E-state index is 0.132. The van der Waals surface area contributed by atoms with Crippen molar-refractivity contribution in [3.05, 3.63) is 23.4 Å². The van der Waals surface area contributed by atoms with E-state index in [0.29, 0.717) is 30.9 Å². The molecule has 2 heterocycles. The summed E-state index contributed by atoms with van der Waals surface area (Å²) in [5.41, 5.74) is 1.33. The zero-order chi connectivity index (χ0) is 13.2. The van der Waals surface area contributed by atoms with Crippen LogP contribution in [0.1, 0.15) is 17.7 Å². The molecule has 1 aromatic heterocycles. The van der Waals surface area contributed by atoms with Gasteiger partial charge in [-0.15, -0.1) is 0 Å². The van der Waals surface area contributed by atoms with Crippen LogP contribution < -0.4 is 4.90 Å². The quantitative estimate of drug-likeness (QED) is 0.753. The Hall–Kier alpha value is -1.61. The van der Waals surface area contributed by atoms with E-state index in [1.807, 2.05) is 11.8 Å². The van der Waals surface area contributed by atoms with Crippen LogP contribution in [0, 0.1) is 18.3 Å². The van der Waals surface area contributed by atoms with Crippen molar-refractivity contribution < 1.29 is 8.42 Å². The lowest BCUT2D eigenvalue weighted by Crippen LogP contribution is -2.28. The van der Waals surface area contributed by atoms with Crippen LogP contribution in [0.3, 0.4) is 0 Å². The van der Waals surface area contributed by atoms with Crippen molar-refractivity contribution in [3.8, 4) is 6.07 Å². The highest BCUT2D eigenvalue weighted by atomic mass is 32.2. The molecule has 0 saturated carbocycles. The molecule has 0 unspecified atom stereocenters. The third-order valence-corrected chi connectivity index (χ3v) is 4.71. The first-order valence-electron chi connectivity index (χ1n) is 5.85. The number of anilines is 1. The molecule has 1 aromatic rings. The van der Waals surface area contributed by atoms with Gasteiger partial charge in [-0.25, -0.2) is 13.4 Å². The second-order valence-electron chi connectivity index (χ2n) is 4.43. The summed E-state index contributed by atoms with van der Waals surface area (Å²) in [7, 11) is -2.94. The van der Waals surface area contributed by atoms with Crippen molar-refractivity contribution in [2.24, 2.45) is 0 Å². The maximum Gasteiger partial charge on any atom is 0.152 e. The number of aromatic nitrogens is 1. The Morgan fingerprint density at radius 1 is 1.33 bits per heavy atom. The number of nitrogens with zero attached hydrogens (tertiary/aromatic N) is 3. The standard InChI is InChI=1S/C12H15N3O2S/c1-10-3-4-11(9-13)12(14-10)15-5-2-7-18(16,17)8-6-15/h3-4H,2,5-8H2,1H3. The van der Waals surface area contributed by atoms with E-state index in [9.17, 15) is 8.42 Å². The predicted octanol–water partition coefficient (Wildman–Crippen LogP) is 0.887. The summed E-state index contributed by atoms with van der Waals surface area (Å²) in [6.07, 6.45) is 0.586. The van der Waals surface area contributed by atoms with E-state index in [-0.39, 0.29) is 11.5 Å². The van der Waals surface area contributed by atoms with Gasteiger partial charge in [0, 0.05) is 18.8 Å². The number of hydrogen-bond acceptors (Lipinski definition) is 5. The number of pyridine rings is 1. The molecular formula is C12H15N3O2S. The van der Waals surface area contributed by atoms with E-state index in [0.717, 1.165) is 5.69 Å². The molecule has 0 aromatic carbocycles. The lowest BCUT2D eigenvalue weighted by Gasteiger charge is -2.22. The monoisotopic (exact) mass is 265 g/mol. The summed E-state index contributed by atoms with van der Waals surface area (Å²) >= 11 is 0. The topological polar surface area (TPSA) is 74.1 Å². The van der Waals surface area contributed by atoms with Crippen molar-refractivity contribution in [2.45, 2.75) is 13.3 Å². The fourth-order valence-electron chi connectivity index (χ4n) is 2.02. The molecule has 0 aliphatic carbocycles. The summed E-state index contributed by atoms with van der Waals surface area (Å²) in [4.78, 5) is 6.26. The smallest absolute Gasteiger partial charge is 0.152 e. The number of hydrogen-bond donors (Lipinski definition) is 0. The first-order valence-corrected chi connectivity index (χ1v) is 7.67. The molecule has 96 valence electrons. The highest BCUT2D eigenvalue weighted by molar-refractivity contribution is 7.91. The minimum Gasteiger partial charge on any atom is -0.354 e. The Morgan fingerprint density at radius 3 is 2.83 bits per heavy atom. The van der Waals surface area contributed by atoms with Gasteiger partial charge in [0.15, 0.2) is 9.84 Å². The average molecular weight is 265 g/mol. The molecule has 1 saturated heterocycles. The van der Waals surface area contributed by atoms with Gasteiger partial charge in [-0.2, -0.15) is 5.26 Å². The third-order valence-electron chi connectivity index (χ3n) is 2.99. The average Bonchev–Trinajstić information content (AvgIpc) is 2.50. The van der Waals surface area contributed by atoms with Crippen LogP contribution in [0.2, 0.25) is 0 Å². The molecule has 0 atom stereocenters. The maximum absolute atomic E-state index is 11.6. The largest absolute Gasteiger partial charge is 0.354 e. The molecule has 0 radical (unpaired) electrons. The van der Waals surface area contributed by atoms with E-state index < -0.39 is 9.84 Å². The molecule has 6 heteroatoms. The molecule has 0 amide bonds. The number of aryl methyl sites for hydroxylation is 1. The fraction of sp³-hybridized carbons (Fsp3) is 0.500. The predicted molar refractivity (Wildman–Crippen MR) is 69.2 cm³/mol. The zero-order valence-corrected chi connectivity index (χ0v) is 11.1. The van der Waals surface area contributed by atoms with Crippen molar-refractivity contribution in [1.82, 2.24) is 4.98 Å². The van der Waals surface area contributed by atoms with E-state index in [2.05, 4.69) is 11.1 Å². The molecule has 1 fully saturated rings. The summed E-state index contributed by atoms with van der Waals surface area (Å²) in [6, 6.07) is 5.63. The van der Waals surface area contributed by atoms with Gasteiger partial charge in [0.25, 0.3) is 0 Å². The van der Waals surface area contributed by atoms with Crippen molar-refractivity contribution >= 4 is 15.7 Å². The number of sulfone groups is 1. The first kappa shape index (κ1) is 12.8. The summed E-state index contributed by atoms with van der Waals surface area (Å²) < 4.78 is 23.1. The molecule has 1 aliphatic heterocycles. The number of nitriles is 1. The zero-order valence-electron chi connectivity index (χ0n) is 10.3. The summed E-state index contributed by atoms with van der Waals surface area (Å²) in [5, 5.41) is 9.08. The van der Waals surface area contributed by atoms with E-state index in [1.165, 1.54) is 0 Å². The van der Waals surface area contributed by atoms with Gasteiger partial charge in [0.2, 0.25) is 0 Å². The second kappa shape index (κ2) is 4.94. The molecular weight excluding hydrogens is 250 g/mol. The van der Waals surface area contributed by atoms with Gasteiger partial charge in [-0.3, -0.25) is 0 Å². The minimum atomic E-state index is -2.94. The molecule has 1 aliphatic rings. The Bertz CT molecular complexity index is 590. The normalized spacial score (nSPS) is 19.0. The van der Waals surface area contributed by atoms with Crippen LogP contribution >= 0.6 is 0 Å². The fourth-order valence-corrected chi connectivity index (χ4v) is 3.29. The lowest BCUT2D eigenvalue weighted by atomic mass is 10.2. The van der Waals surface area contributed by atoms with Crippen LogP contribution in [0.25, 0.3) is 0 Å². The Labute approximate surface area is 107 Å².